The van der Waals surface area contributed by atoms with E-state index in [1.54, 1.807) is 11.8 Å². The van der Waals surface area contributed by atoms with Crippen molar-refractivity contribution in [2.75, 3.05) is 12.3 Å². The summed E-state index contributed by atoms with van der Waals surface area (Å²) in [4.78, 5) is 13.6. The Balaban J connectivity index is 2.01. The van der Waals surface area contributed by atoms with E-state index in [2.05, 4.69) is 11.9 Å². The van der Waals surface area contributed by atoms with Crippen molar-refractivity contribution in [3.05, 3.63) is 11.5 Å². The maximum atomic E-state index is 13.0. The molecule has 0 heterocycles. The third-order valence-corrected chi connectivity index (χ3v) is 8.78. The lowest BCUT2D eigenvalue weighted by Gasteiger charge is -2.42. The number of carbonyl (C=O) groups excluding carboxylic acids is 1. The van der Waals surface area contributed by atoms with Gasteiger partial charge in [0.05, 0.1) is 5.25 Å². The third kappa shape index (κ3) is 3.53. The van der Waals surface area contributed by atoms with Crippen molar-refractivity contribution >= 4 is 27.5 Å². The van der Waals surface area contributed by atoms with Crippen LogP contribution in [0.25, 0.3) is 0 Å². The smallest absolute Gasteiger partial charge is 0.241 e. The number of hydrogen-bond donors (Lipinski definition) is 1. The van der Waals surface area contributed by atoms with Crippen LogP contribution in [0.3, 0.4) is 0 Å². The molecule has 0 spiro atoms. The molecule has 1 amide bonds. The summed E-state index contributed by atoms with van der Waals surface area (Å²) < 4.78 is 24.8. The van der Waals surface area contributed by atoms with Crippen molar-refractivity contribution in [3.8, 4) is 0 Å². The predicted octanol–water partition coefficient (Wildman–Crippen LogP) is 3.04. The fraction of sp³-hybridized carbons (Fsp3) is 0.812. The predicted molar refractivity (Wildman–Crippen MR) is 92.7 cm³/mol. The summed E-state index contributed by atoms with van der Waals surface area (Å²) >= 11 is 1.59. The van der Waals surface area contributed by atoms with Crippen LogP contribution in [0.5, 0.6) is 0 Å². The van der Waals surface area contributed by atoms with Crippen LogP contribution in [0.1, 0.15) is 58.3 Å². The molecular weight excluding hydrogens is 318 g/mol. The maximum Gasteiger partial charge on any atom is 0.241 e. The largest absolute Gasteiger partial charge is 0.354 e. The molecule has 22 heavy (non-hydrogen) atoms. The Bertz CT molecular complexity index is 518. The first kappa shape index (κ1) is 17.9. The fourth-order valence-electron chi connectivity index (χ4n) is 3.38. The normalized spacial score (nSPS) is 21.9. The van der Waals surface area contributed by atoms with Gasteiger partial charge < -0.3 is 5.32 Å². The van der Waals surface area contributed by atoms with Gasteiger partial charge in [-0.25, -0.2) is 8.42 Å². The van der Waals surface area contributed by atoms with Crippen molar-refractivity contribution in [2.24, 2.45) is 0 Å². The molecule has 0 atom stereocenters. The van der Waals surface area contributed by atoms with E-state index >= 15 is 0 Å². The van der Waals surface area contributed by atoms with Gasteiger partial charge in [-0.3, -0.25) is 4.79 Å². The van der Waals surface area contributed by atoms with Gasteiger partial charge >= 0.3 is 0 Å². The summed E-state index contributed by atoms with van der Waals surface area (Å²) in [5, 5.41) is 2.54. The molecule has 2 saturated carbocycles. The first-order valence-electron chi connectivity index (χ1n) is 8.20. The second kappa shape index (κ2) is 7.39. The summed E-state index contributed by atoms with van der Waals surface area (Å²) in [7, 11) is -3.38. The SMILES string of the molecule is C=C(C)SCCNC(=O)C1(S(=O)(=O)C2CCCCC2)CCC1. The number of carbonyl (C=O) groups is 1. The van der Waals surface area contributed by atoms with E-state index in [9.17, 15) is 13.2 Å². The molecule has 2 rings (SSSR count). The quantitative estimate of drug-likeness (QED) is 0.720. The molecule has 0 unspecified atom stereocenters. The lowest BCUT2D eigenvalue weighted by Crippen LogP contribution is -2.60. The molecule has 126 valence electrons. The zero-order valence-corrected chi connectivity index (χ0v) is 15.0. The number of amides is 1. The fourth-order valence-corrected chi connectivity index (χ4v) is 6.72. The molecule has 0 aromatic carbocycles. The number of sulfone groups is 1. The van der Waals surface area contributed by atoms with E-state index in [1.165, 1.54) is 0 Å². The average molecular weight is 346 g/mol. The van der Waals surface area contributed by atoms with Gasteiger partial charge in [-0.2, -0.15) is 0 Å². The molecule has 4 nitrogen and oxygen atoms in total. The maximum absolute atomic E-state index is 13.0. The standard InChI is InChI=1S/C16H27NO3S2/c1-13(2)21-12-11-17-15(18)16(9-6-10-16)22(19,20)14-7-4-3-5-8-14/h14H,1,3-12H2,2H3,(H,17,18). The molecule has 6 heteroatoms. The molecule has 0 radical (unpaired) electrons. The second-order valence-corrected chi connectivity index (χ2v) is 10.4. The van der Waals surface area contributed by atoms with E-state index in [0.717, 1.165) is 49.2 Å². The Kier molecular flexibility index (Phi) is 6.00. The van der Waals surface area contributed by atoms with Crippen molar-refractivity contribution < 1.29 is 13.2 Å². The lowest BCUT2D eigenvalue weighted by molar-refractivity contribution is -0.125. The molecule has 0 aliphatic heterocycles. The minimum Gasteiger partial charge on any atom is -0.354 e. The van der Waals surface area contributed by atoms with Crippen LogP contribution in [-0.4, -0.2) is 36.6 Å². The molecular formula is C16H27NO3S2. The van der Waals surface area contributed by atoms with E-state index < -0.39 is 14.6 Å². The number of rotatable bonds is 7. The molecule has 0 aromatic heterocycles. The number of nitrogens with one attached hydrogen (secondary N) is 1. The van der Waals surface area contributed by atoms with Crippen molar-refractivity contribution in [1.82, 2.24) is 5.32 Å². The summed E-state index contributed by atoms with van der Waals surface area (Å²) in [6.45, 7) is 6.23. The van der Waals surface area contributed by atoms with Crippen molar-refractivity contribution in [3.63, 3.8) is 0 Å². The van der Waals surface area contributed by atoms with Crippen LogP contribution in [0.2, 0.25) is 0 Å². The zero-order valence-electron chi connectivity index (χ0n) is 13.4. The van der Waals surface area contributed by atoms with E-state index in [-0.39, 0.29) is 11.2 Å². The van der Waals surface area contributed by atoms with Crippen LogP contribution in [0, 0.1) is 0 Å². The lowest BCUT2D eigenvalue weighted by atomic mass is 9.83. The summed E-state index contributed by atoms with van der Waals surface area (Å²) in [5.74, 6) is 0.465. The van der Waals surface area contributed by atoms with Gasteiger partial charge in [0, 0.05) is 12.3 Å². The first-order valence-corrected chi connectivity index (χ1v) is 10.7. The topological polar surface area (TPSA) is 63.2 Å². The van der Waals surface area contributed by atoms with Crippen LogP contribution in [-0.2, 0) is 14.6 Å². The number of hydrogen-bond acceptors (Lipinski definition) is 4. The highest BCUT2D eigenvalue weighted by Crippen LogP contribution is 2.44. The van der Waals surface area contributed by atoms with E-state index in [0.29, 0.717) is 19.4 Å². The highest BCUT2D eigenvalue weighted by molar-refractivity contribution is 8.03. The Morgan fingerprint density at radius 2 is 1.86 bits per heavy atom. The molecule has 2 aliphatic carbocycles. The number of allylic oxidation sites excluding steroid dienone is 1. The molecule has 0 bridgehead atoms. The van der Waals surface area contributed by atoms with Crippen LogP contribution in [0.15, 0.2) is 11.5 Å². The minimum atomic E-state index is -3.38. The van der Waals surface area contributed by atoms with E-state index in [1.807, 2.05) is 6.92 Å². The van der Waals surface area contributed by atoms with Gasteiger partial charge in [0.25, 0.3) is 0 Å². The highest BCUT2D eigenvalue weighted by atomic mass is 32.2. The van der Waals surface area contributed by atoms with Gasteiger partial charge in [0.15, 0.2) is 14.6 Å². The van der Waals surface area contributed by atoms with Crippen LogP contribution >= 0.6 is 11.8 Å². The average Bonchev–Trinajstić information content (AvgIpc) is 2.43. The minimum absolute atomic E-state index is 0.272. The second-order valence-electron chi connectivity index (χ2n) is 6.46. The van der Waals surface area contributed by atoms with Gasteiger partial charge in [0.1, 0.15) is 0 Å². The zero-order chi connectivity index (χ0) is 16.2. The highest BCUT2D eigenvalue weighted by Gasteiger charge is 2.57. The summed E-state index contributed by atoms with van der Waals surface area (Å²) in [5.41, 5.74) is 0. The van der Waals surface area contributed by atoms with Crippen LogP contribution in [0.4, 0.5) is 0 Å². The Hall–Kier alpha value is -0.490. The molecule has 1 N–H and O–H groups in total. The Morgan fingerprint density at radius 1 is 1.23 bits per heavy atom. The van der Waals surface area contributed by atoms with Gasteiger partial charge in [-0.15, -0.1) is 11.8 Å². The van der Waals surface area contributed by atoms with Gasteiger partial charge in [0.2, 0.25) is 5.91 Å². The Labute approximate surface area is 138 Å². The van der Waals surface area contributed by atoms with Crippen molar-refractivity contribution in [2.45, 2.75) is 68.3 Å². The van der Waals surface area contributed by atoms with Crippen molar-refractivity contribution in [1.29, 1.82) is 0 Å². The summed E-state index contributed by atoms with van der Waals surface area (Å²) in [6.07, 6.45) is 6.32. The summed E-state index contributed by atoms with van der Waals surface area (Å²) in [6, 6.07) is 0. The van der Waals surface area contributed by atoms with Crippen LogP contribution < -0.4 is 5.32 Å². The third-order valence-electron chi connectivity index (χ3n) is 4.85. The van der Waals surface area contributed by atoms with Gasteiger partial charge in [-0.05, 0) is 43.9 Å². The molecule has 2 aliphatic rings. The molecule has 2 fully saturated rings. The molecule has 0 aromatic rings. The van der Waals surface area contributed by atoms with E-state index in [4.69, 9.17) is 0 Å². The first-order chi connectivity index (χ1) is 10.4. The Morgan fingerprint density at radius 3 is 2.36 bits per heavy atom. The van der Waals surface area contributed by atoms with Gasteiger partial charge in [-0.1, -0.05) is 25.8 Å². The monoisotopic (exact) mass is 345 g/mol. The number of thioether (sulfide) groups is 1. The molecule has 0 saturated heterocycles.